The van der Waals surface area contributed by atoms with Gasteiger partial charge in [-0.25, -0.2) is 9.50 Å². The van der Waals surface area contributed by atoms with Gasteiger partial charge in [0.2, 0.25) is 0 Å². The molecule has 5 nitrogen and oxygen atoms in total. The van der Waals surface area contributed by atoms with Crippen molar-refractivity contribution in [1.82, 2.24) is 14.6 Å². The molecule has 3 rings (SSSR count). The number of methoxy groups -OCH3 is 1. The summed E-state index contributed by atoms with van der Waals surface area (Å²) in [5, 5.41) is 4.42. The van der Waals surface area contributed by atoms with Crippen LogP contribution in [0.1, 0.15) is 11.3 Å². The van der Waals surface area contributed by atoms with Crippen molar-refractivity contribution >= 4 is 11.3 Å². The molecule has 0 spiro atoms. The van der Waals surface area contributed by atoms with E-state index in [1.54, 1.807) is 13.3 Å². The number of aryl methyl sites for hydroxylation is 1. The third-order valence-electron chi connectivity index (χ3n) is 3.43. The highest BCUT2D eigenvalue weighted by Gasteiger charge is 2.10. The van der Waals surface area contributed by atoms with Gasteiger partial charge in [-0.2, -0.15) is 5.10 Å². The van der Waals surface area contributed by atoms with Crippen molar-refractivity contribution in [2.24, 2.45) is 0 Å². The quantitative estimate of drug-likeness (QED) is 0.738. The van der Waals surface area contributed by atoms with Crippen LogP contribution in [0.25, 0.3) is 5.52 Å². The lowest BCUT2D eigenvalue weighted by Gasteiger charge is -2.19. The maximum atomic E-state index is 5.18. The van der Waals surface area contributed by atoms with Crippen LogP contribution in [0.4, 0.5) is 5.82 Å². The van der Waals surface area contributed by atoms with E-state index in [1.807, 2.05) is 42.9 Å². The molecule has 0 saturated heterocycles. The van der Waals surface area contributed by atoms with E-state index in [9.17, 15) is 0 Å². The third-order valence-corrected chi connectivity index (χ3v) is 3.43. The van der Waals surface area contributed by atoms with Crippen molar-refractivity contribution in [2.75, 3.05) is 19.1 Å². The molecule has 108 valence electrons. The first-order chi connectivity index (χ1) is 10.2. The van der Waals surface area contributed by atoms with Crippen LogP contribution in [0.15, 0.2) is 42.7 Å². The van der Waals surface area contributed by atoms with Gasteiger partial charge in [-0.1, -0.05) is 12.1 Å². The van der Waals surface area contributed by atoms with Gasteiger partial charge in [-0.05, 0) is 30.7 Å². The number of hydrogen-bond acceptors (Lipinski definition) is 4. The van der Waals surface area contributed by atoms with Crippen molar-refractivity contribution in [2.45, 2.75) is 13.5 Å². The fourth-order valence-corrected chi connectivity index (χ4v) is 2.40. The summed E-state index contributed by atoms with van der Waals surface area (Å²) in [4.78, 5) is 6.61. The topological polar surface area (TPSA) is 42.7 Å². The van der Waals surface area contributed by atoms with Gasteiger partial charge >= 0.3 is 0 Å². The molecule has 0 aliphatic heterocycles. The molecule has 0 atom stereocenters. The largest absolute Gasteiger partial charge is 0.497 e. The molecule has 0 radical (unpaired) electrons. The highest BCUT2D eigenvalue weighted by atomic mass is 16.5. The molecule has 21 heavy (non-hydrogen) atoms. The Balaban J connectivity index is 1.87. The highest BCUT2D eigenvalue weighted by Crippen LogP contribution is 2.21. The second-order valence-electron chi connectivity index (χ2n) is 5.07. The number of aromatic nitrogens is 3. The molecule has 3 aromatic rings. The van der Waals surface area contributed by atoms with Gasteiger partial charge in [0.25, 0.3) is 0 Å². The number of ether oxygens (including phenoxy) is 1. The van der Waals surface area contributed by atoms with Gasteiger partial charge in [-0.15, -0.1) is 0 Å². The van der Waals surface area contributed by atoms with Crippen molar-refractivity contribution < 1.29 is 4.74 Å². The normalized spacial score (nSPS) is 10.8. The van der Waals surface area contributed by atoms with Crippen LogP contribution >= 0.6 is 0 Å². The monoisotopic (exact) mass is 282 g/mol. The second-order valence-corrected chi connectivity index (χ2v) is 5.07. The zero-order chi connectivity index (χ0) is 14.8. The smallest absolute Gasteiger partial charge is 0.154 e. The summed E-state index contributed by atoms with van der Waals surface area (Å²) in [5.41, 5.74) is 3.21. The van der Waals surface area contributed by atoms with Gasteiger partial charge < -0.3 is 9.64 Å². The minimum atomic E-state index is 0.779. The number of nitrogens with zero attached hydrogens (tertiary/aromatic N) is 4. The van der Waals surface area contributed by atoms with Crippen LogP contribution < -0.4 is 9.64 Å². The second kappa shape index (κ2) is 5.44. The summed E-state index contributed by atoms with van der Waals surface area (Å²) in [6.07, 6.45) is 3.65. The van der Waals surface area contributed by atoms with Gasteiger partial charge in [-0.3, -0.25) is 0 Å². The number of hydrogen-bond donors (Lipinski definition) is 0. The molecule has 0 aliphatic carbocycles. The summed E-state index contributed by atoms with van der Waals surface area (Å²) in [5.74, 6) is 1.79. The number of fused-ring (bicyclic) bond motifs is 1. The molecule has 0 unspecified atom stereocenters. The first-order valence-electron chi connectivity index (χ1n) is 6.82. The Labute approximate surface area is 123 Å². The zero-order valence-corrected chi connectivity index (χ0v) is 12.4. The van der Waals surface area contributed by atoms with Gasteiger partial charge in [0.1, 0.15) is 11.3 Å². The van der Waals surface area contributed by atoms with Crippen LogP contribution in [0.2, 0.25) is 0 Å². The summed E-state index contributed by atoms with van der Waals surface area (Å²) in [6, 6.07) is 10.1. The Hall–Kier alpha value is -2.56. The van der Waals surface area contributed by atoms with Crippen LogP contribution in [-0.4, -0.2) is 28.8 Å². The van der Waals surface area contributed by atoms with E-state index in [2.05, 4.69) is 27.1 Å². The lowest BCUT2D eigenvalue weighted by molar-refractivity contribution is 0.414. The molecule has 0 amide bonds. The summed E-state index contributed by atoms with van der Waals surface area (Å²) < 4.78 is 7.04. The van der Waals surface area contributed by atoms with Crippen molar-refractivity contribution in [1.29, 1.82) is 0 Å². The highest BCUT2D eigenvalue weighted by molar-refractivity contribution is 5.68. The maximum absolute atomic E-state index is 5.18. The molecule has 5 heteroatoms. The Morgan fingerprint density at radius 2 is 2.00 bits per heavy atom. The Morgan fingerprint density at radius 3 is 2.71 bits per heavy atom. The molecule has 2 heterocycles. The van der Waals surface area contributed by atoms with E-state index < -0.39 is 0 Å². The molecule has 0 fully saturated rings. The SMILES string of the molecule is COc1ccc(CN(C)c2nccn3nc(C)cc23)cc1. The van der Waals surface area contributed by atoms with E-state index in [-0.39, 0.29) is 0 Å². The van der Waals surface area contributed by atoms with E-state index >= 15 is 0 Å². The summed E-state index contributed by atoms with van der Waals surface area (Å²) in [6.45, 7) is 2.77. The molecule has 0 aliphatic rings. The van der Waals surface area contributed by atoms with Crippen molar-refractivity contribution in [3.05, 3.63) is 54.0 Å². The minimum Gasteiger partial charge on any atom is -0.497 e. The molecule has 0 N–H and O–H groups in total. The van der Waals surface area contributed by atoms with Crippen LogP contribution in [0.5, 0.6) is 5.75 Å². The van der Waals surface area contributed by atoms with E-state index in [4.69, 9.17) is 4.74 Å². The lowest BCUT2D eigenvalue weighted by Crippen LogP contribution is -2.18. The van der Waals surface area contributed by atoms with Crippen LogP contribution in [0, 0.1) is 6.92 Å². The van der Waals surface area contributed by atoms with Gasteiger partial charge in [0.15, 0.2) is 5.82 Å². The maximum Gasteiger partial charge on any atom is 0.154 e. The first kappa shape index (κ1) is 13.4. The van der Waals surface area contributed by atoms with Crippen LogP contribution in [0.3, 0.4) is 0 Å². The number of rotatable bonds is 4. The molecular formula is C16H18N4O. The number of benzene rings is 1. The summed E-state index contributed by atoms with van der Waals surface area (Å²) >= 11 is 0. The predicted molar refractivity (Wildman–Crippen MR) is 82.8 cm³/mol. The van der Waals surface area contributed by atoms with Crippen molar-refractivity contribution in [3.8, 4) is 5.75 Å². The molecule has 2 aromatic heterocycles. The van der Waals surface area contributed by atoms with Crippen LogP contribution in [-0.2, 0) is 6.54 Å². The zero-order valence-electron chi connectivity index (χ0n) is 12.4. The Morgan fingerprint density at radius 1 is 1.24 bits per heavy atom. The van der Waals surface area contributed by atoms with E-state index in [1.165, 1.54) is 5.56 Å². The number of anilines is 1. The van der Waals surface area contributed by atoms with E-state index in [0.717, 1.165) is 29.3 Å². The van der Waals surface area contributed by atoms with Gasteiger partial charge in [0.05, 0.1) is 12.8 Å². The van der Waals surface area contributed by atoms with Crippen molar-refractivity contribution in [3.63, 3.8) is 0 Å². The molecule has 0 bridgehead atoms. The fraction of sp³-hybridized carbons (Fsp3) is 0.250. The molecule has 1 aromatic carbocycles. The fourth-order valence-electron chi connectivity index (χ4n) is 2.40. The molecular weight excluding hydrogens is 264 g/mol. The average molecular weight is 282 g/mol. The first-order valence-corrected chi connectivity index (χ1v) is 6.82. The van der Waals surface area contributed by atoms with E-state index in [0.29, 0.717) is 0 Å². The minimum absolute atomic E-state index is 0.779. The average Bonchev–Trinajstić information content (AvgIpc) is 2.87. The predicted octanol–water partition coefficient (Wildman–Crippen LogP) is 2.68. The standard InChI is InChI=1S/C16H18N4O/c1-12-10-15-16(17-8-9-20(15)18-12)19(2)11-13-4-6-14(21-3)7-5-13/h4-10H,11H2,1-3H3. The Bertz CT molecular complexity index is 749. The summed E-state index contributed by atoms with van der Waals surface area (Å²) in [7, 11) is 3.71. The van der Waals surface area contributed by atoms with Gasteiger partial charge in [0, 0.05) is 26.0 Å². The molecule has 0 saturated carbocycles. The third kappa shape index (κ3) is 2.67. The Kier molecular flexibility index (Phi) is 3.48. The lowest BCUT2D eigenvalue weighted by atomic mass is 10.2.